The summed E-state index contributed by atoms with van der Waals surface area (Å²) in [7, 11) is -3.39. The van der Waals surface area contributed by atoms with Gasteiger partial charge in [0.25, 0.3) is 0 Å². The van der Waals surface area contributed by atoms with E-state index in [1.54, 1.807) is 22.8 Å². The Bertz CT molecular complexity index is 719. The number of hydrogen-bond donors (Lipinski definition) is 0. The van der Waals surface area contributed by atoms with Gasteiger partial charge in [-0.05, 0) is 31.4 Å². The van der Waals surface area contributed by atoms with Gasteiger partial charge >= 0.3 is 0 Å². The molecular weight excluding hydrogens is 260 g/mol. The van der Waals surface area contributed by atoms with Crippen molar-refractivity contribution < 1.29 is 8.42 Å². The molecular formula is C14H16N2O2S. The average Bonchev–Trinajstić information content (AvgIpc) is 2.92. The molecule has 0 aliphatic carbocycles. The Kier molecular flexibility index (Phi) is 3.03. The smallest absolute Gasteiger partial charge is 0.243 e. The molecule has 1 aliphatic rings. The number of fused-ring (bicyclic) bond motifs is 1. The van der Waals surface area contributed by atoms with Crippen LogP contribution < -0.4 is 0 Å². The Morgan fingerprint density at radius 3 is 2.63 bits per heavy atom. The number of rotatable bonds is 2. The van der Waals surface area contributed by atoms with Crippen LogP contribution in [0.1, 0.15) is 18.4 Å². The second-order valence-electron chi connectivity index (χ2n) is 4.92. The van der Waals surface area contributed by atoms with E-state index in [0.717, 1.165) is 29.2 Å². The predicted molar refractivity (Wildman–Crippen MR) is 74.5 cm³/mol. The van der Waals surface area contributed by atoms with Gasteiger partial charge in [-0.15, -0.1) is 0 Å². The first-order valence-electron chi connectivity index (χ1n) is 6.44. The molecule has 1 aromatic carbocycles. The highest BCUT2D eigenvalue weighted by Gasteiger charge is 2.29. The molecule has 0 amide bonds. The van der Waals surface area contributed by atoms with Crippen LogP contribution in [-0.4, -0.2) is 30.8 Å². The van der Waals surface area contributed by atoms with E-state index in [9.17, 15) is 8.42 Å². The van der Waals surface area contributed by atoms with Crippen LogP contribution in [0.2, 0.25) is 0 Å². The quantitative estimate of drug-likeness (QED) is 0.846. The van der Waals surface area contributed by atoms with E-state index in [1.165, 1.54) is 0 Å². The molecule has 5 heteroatoms. The summed E-state index contributed by atoms with van der Waals surface area (Å²) in [5, 5.41) is 1.63. The molecule has 100 valence electrons. The van der Waals surface area contributed by atoms with E-state index in [2.05, 4.69) is 4.98 Å². The highest BCUT2D eigenvalue weighted by atomic mass is 32.2. The van der Waals surface area contributed by atoms with Crippen LogP contribution in [0.25, 0.3) is 10.8 Å². The normalized spacial score (nSPS) is 17.1. The lowest BCUT2D eigenvalue weighted by molar-refractivity contribution is 0.478. The molecule has 19 heavy (non-hydrogen) atoms. The first-order valence-corrected chi connectivity index (χ1v) is 7.88. The van der Waals surface area contributed by atoms with Crippen LogP contribution >= 0.6 is 0 Å². The Morgan fingerprint density at radius 1 is 1.16 bits per heavy atom. The maximum Gasteiger partial charge on any atom is 0.243 e. The highest BCUT2D eigenvalue weighted by Crippen LogP contribution is 2.30. The molecule has 0 radical (unpaired) electrons. The summed E-state index contributed by atoms with van der Waals surface area (Å²) in [4.78, 5) is 4.49. The van der Waals surface area contributed by atoms with Crippen molar-refractivity contribution in [1.29, 1.82) is 0 Å². The first kappa shape index (κ1) is 12.6. The van der Waals surface area contributed by atoms with E-state index in [0.29, 0.717) is 18.0 Å². The standard InChI is InChI=1S/C14H16N2O2S/c1-11-4-5-12-10-15-7-6-13(12)14(11)19(17,18)16-8-2-3-9-16/h4-7,10H,2-3,8-9H2,1H3. The zero-order valence-electron chi connectivity index (χ0n) is 10.8. The molecule has 1 saturated heterocycles. The van der Waals surface area contributed by atoms with Crippen molar-refractivity contribution in [1.82, 2.24) is 9.29 Å². The third-order valence-electron chi connectivity index (χ3n) is 3.63. The lowest BCUT2D eigenvalue weighted by atomic mass is 10.1. The van der Waals surface area contributed by atoms with Gasteiger partial charge in [-0.3, -0.25) is 4.98 Å². The summed E-state index contributed by atoms with van der Waals surface area (Å²) in [6, 6.07) is 5.55. The van der Waals surface area contributed by atoms with Gasteiger partial charge < -0.3 is 0 Å². The summed E-state index contributed by atoms with van der Waals surface area (Å²) in [5.41, 5.74) is 0.797. The Hall–Kier alpha value is -1.46. The van der Waals surface area contributed by atoms with Gasteiger partial charge in [-0.2, -0.15) is 4.31 Å². The van der Waals surface area contributed by atoms with E-state index < -0.39 is 10.0 Å². The van der Waals surface area contributed by atoms with Crippen molar-refractivity contribution in [2.24, 2.45) is 0 Å². The van der Waals surface area contributed by atoms with Crippen LogP contribution in [0.15, 0.2) is 35.5 Å². The van der Waals surface area contributed by atoms with Gasteiger partial charge in [0, 0.05) is 36.3 Å². The minimum atomic E-state index is -3.39. The average molecular weight is 276 g/mol. The molecule has 1 fully saturated rings. The van der Waals surface area contributed by atoms with E-state index in [1.807, 2.05) is 19.1 Å². The van der Waals surface area contributed by atoms with Crippen LogP contribution in [-0.2, 0) is 10.0 Å². The van der Waals surface area contributed by atoms with Gasteiger partial charge in [0.2, 0.25) is 10.0 Å². The highest BCUT2D eigenvalue weighted by molar-refractivity contribution is 7.89. The lowest BCUT2D eigenvalue weighted by Crippen LogP contribution is -2.28. The van der Waals surface area contributed by atoms with Crippen molar-refractivity contribution in [3.8, 4) is 0 Å². The molecule has 0 saturated carbocycles. The molecule has 0 atom stereocenters. The molecule has 2 aromatic rings. The summed E-state index contributed by atoms with van der Waals surface area (Å²) in [6.07, 6.45) is 5.25. The largest absolute Gasteiger partial charge is 0.264 e. The zero-order chi connectivity index (χ0) is 13.5. The second-order valence-corrected chi connectivity index (χ2v) is 6.79. The fraction of sp³-hybridized carbons (Fsp3) is 0.357. The number of nitrogens with zero attached hydrogens (tertiary/aromatic N) is 2. The summed E-state index contributed by atoms with van der Waals surface area (Å²) < 4.78 is 27.1. The second kappa shape index (κ2) is 4.58. The van der Waals surface area contributed by atoms with E-state index in [4.69, 9.17) is 0 Å². The summed E-state index contributed by atoms with van der Waals surface area (Å²) in [6.45, 7) is 3.11. The first-order chi connectivity index (χ1) is 9.10. The number of aryl methyl sites for hydroxylation is 1. The number of benzene rings is 1. The van der Waals surface area contributed by atoms with Crippen molar-refractivity contribution in [2.45, 2.75) is 24.7 Å². The lowest BCUT2D eigenvalue weighted by Gasteiger charge is -2.18. The number of aromatic nitrogens is 1. The fourth-order valence-electron chi connectivity index (χ4n) is 2.65. The molecule has 3 rings (SSSR count). The molecule has 1 aromatic heterocycles. The maximum atomic E-state index is 12.8. The van der Waals surface area contributed by atoms with Gasteiger partial charge in [0.1, 0.15) is 0 Å². The van der Waals surface area contributed by atoms with Crippen molar-refractivity contribution >= 4 is 20.8 Å². The molecule has 0 bridgehead atoms. The molecule has 4 nitrogen and oxygen atoms in total. The minimum Gasteiger partial charge on any atom is -0.264 e. The molecule has 0 spiro atoms. The summed E-state index contributed by atoms with van der Waals surface area (Å²) in [5.74, 6) is 0. The van der Waals surface area contributed by atoms with Gasteiger partial charge in [-0.25, -0.2) is 8.42 Å². The Balaban J connectivity index is 2.27. The predicted octanol–water partition coefficient (Wildman–Crippen LogP) is 2.33. The SMILES string of the molecule is Cc1ccc2cnccc2c1S(=O)(=O)N1CCCC1. The summed E-state index contributed by atoms with van der Waals surface area (Å²) >= 11 is 0. The van der Waals surface area contributed by atoms with Gasteiger partial charge in [-0.1, -0.05) is 12.1 Å². The number of hydrogen-bond acceptors (Lipinski definition) is 3. The third kappa shape index (κ3) is 2.03. The van der Waals surface area contributed by atoms with Crippen LogP contribution in [0.3, 0.4) is 0 Å². The number of sulfonamides is 1. The van der Waals surface area contributed by atoms with E-state index >= 15 is 0 Å². The third-order valence-corrected chi connectivity index (χ3v) is 5.73. The molecule has 1 aliphatic heterocycles. The topological polar surface area (TPSA) is 50.3 Å². The van der Waals surface area contributed by atoms with Crippen LogP contribution in [0, 0.1) is 6.92 Å². The Morgan fingerprint density at radius 2 is 1.89 bits per heavy atom. The minimum absolute atomic E-state index is 0.439. The maximum absolute atomic E-state index is 12.8. The fourth-order valence-corrected chi connectivity index (χ4v) is 4.58. The molecule has 0 unspecified atom stereocenters. The Labute approximate surface area is 113 Å². The van der Waals surface area contributed by atoms with Gasteiger partial charge in [0.05, 0.1) is 4.90 Å². The van der Waals surface area contributed by atoms with Crippen LogP contribution in [0.5, 0.6) is 0 Å². The zero-order valence-corrected chi connectivity index (χ0v) is 11.7. The monoisotopic (exact) mass is 276 g/mol. The van der Waals surface area contributed by atoms with Gasteiger partial charge in [0.15, 0.2) is 0 Å². The van der Waals surface area contributed by atoms with Crippen molar-refractivity contribution in [3.05, 3.63) is 36.2 Å². The molecule has 2 heterocycles. The van der Waals surface area contributed by atoms with Crippen molar-refractivity contribution in [3.63, 3.8) is 0 Å². The number of pyridine rings is 1. The molecule has 0 N–H and O–H groups in total. The van der Waals surface area contributed by atoms with Crippen molar-refractivity contribution in [2.75, 3.05) is 13.1 Å². The van der Waals surface area contributed by atoms with Crippen LogP contribution in [0.4, 0.5) is 0 Å². The van der Waals surface area contributed by atoms with E-state index in [-0.39, 0.29) is 0 Å².